The van der Waals surface area contributed by atoms with E-state index in [1.807, 2.05) is 0 Å². The second-order valence-electron chi connectivity index (χ2n) is 6.26. The van der Waals surface area contributed by atoms with E-state index in [-0.39, 0.29) is 35.7 Å². The fraction of sp³-hybridized carbons (Fsp3) is 0.438. The Hall–Kier alpha value is -2.52. The van der Waals surface area contributed by atoms with E-state index >= 15 is 0 Å². The number of nitrogens with zero attached hydrogens (tertiary/aromatic N) is 4. The van der Waals surface area contributed by atoms with Gasteiger partial charge in [0.05, 0.1) is 16.3 Å². The molecule has 140 valence electrons. The maximum atomic E-state index is 12.5. The van der Waals surface area contributed by atoms with Gasteiger partial charge in [0.25, 0.3) is 11.6 Å². The number of amides is 1. The molecule has 1 aromatic carbocycles. The summed E-state index contributed by atoms with van der Waals surface area (Å²) in [6.07, 6.45) is 1.00. The van der Waals surface area contributed by atoms with E-state index in [0.717, 1.165) is 19.5 Å². The van der Waals surface area contributed by atoms with E-state index in [2.05, 4.69) is 27.9 Å². The minimum Gasteiger partial charge on any atom is -0.346 e. The minimum atomic E-state index is -0.471. The van der Waals surface area contributed by atoms with Crippen LogP contribution in [-0.2, 0) is 0 Å². The number of carbonyl (C=O) groups excluding carboxylic acids is 1. The standard InChI is InChI=1S/C16H20N6O3.ClH/c1-10-6-7-17-9-14(10)18-16(23)15-11(2)21(20-19-15)12-4-3-5-13(8-12)22(24)25;/h3-5,8,10,14,17H,6-7,9H2,1-2H3,(H,18,23);1H. The van der Waals surface area contributed by atoms with Gasteiger partial charge in [-0.05, 0) is 31.9 Å². The number of rotatable bonds is 4. The molecule has 3 rings (SSSR count). The fourth-order valence-electron chi connectivity index (χ4n) is 2.94. The summed E-state index contributed by atoms with van der Waals surface area (Å²) in [5.41, 5.74) is 1.21. The van der Waals surface area contributed by atoms with Crippen molar-refractivity contribution in [3.63, 3.8) is 0 Å². The van der Waals surface area contributed by atoms with Gasteiger partial charge < -0.3 is 10.6 Å². The largest absolute Gasteiger partial charge is 0.346 e. The number of carbonyl (C=O) groups is 1. The van der Waals surface area contributed by atoms with Gasteiger partial charge in [0.15, 0.2) is 5.69 Å². The fourth-order valence-corrected chi connectivity index (χ4v) is 2.94. The smallest absolute Gasteiger partial charge is 0.274 e. The van der Waals surface area contributed by atoms with Crippen molar-refractivity contribution in [3.05, 3.63) is 45.8 Å². The maximum absolute atomic E-state index is 12.5. The van der Waals surface area contributed by atoms with Crippen molar-refractivity contribution in [2.24, 2.45) is 5.92 Å². The average Bonchev–Trinajstić information content (AvgIpc) is 2.98. The van der Waals surface area contributed by atoms with E-state index in [1.54, 1.807) is 19.1 Å². The number of nitrogens with one attached hydrogen (secondary N) is 2. The maximum Gasteiger partial charge on any atom is 0.274 e. The van der Waals surface area contributed by atoms with Crippen LogP contribution in [0.5, 0.6) is 0 Å². The number of aromatic nitrogens is 3. The summed E-state index contributed by atoms with van der Waals surface area (Å²) in [5.74, 6) is 0.104. The van der Waals surface area contributed by atoms with Crippen molar-refractivity contribution in [2.45, 2.75) is 26.3 Å². The Bertz CT molecular complexity index is 809. The molecule has 0 bridgehead atoms. The summed E-state index contributed by atoms with van der Waals surface area (Å²) >= 11 is 0. The lowest BCUT2D eigenvalue weighted by molar-refractivity contribution is -0.384. The highest BCUT2D eigenvalue weighted by atomic mass is 35.5. The monoisotopic (exact) mass is 380 g/mol. The second-order valence-corrected chi connectivity index (χ2v) is 6.26. The van der Waals surface area contributed by atoms with E-state index in [4.69, 9.17) is 0 Å². The number of hydrogen-bond donors (Lipinski definition) is 2. The molecule has 1 amide bonds. The molecule has 26 heavy (non-hydrogen) atoms. The first-order valence-electron chi connectivity index (χ1n) is 8.16. The van der Waals surface area contributed by atoms with E-state index in [0.29, 0.717) is 17.3 Å². The van der Waals surface area contributed by atoms with Gasteiger partial charge in [-0.2, -0.15) is 0 Å². The topological polar surface area (TPSA) is 115 Å². The molecule has 1 saturated heterocycles. The first-order chi connectivity index (χ1) is 12.0. The molecule has 1 fully saturated rings. The van der Waals surface area contributed by atoms with E-state index in [9.17, 15) is 14.9 Å². The molecule has 9 nitrogen and oxygen atoms in total. The summed E-state index contributed by atoms with van der Waals surface area (Å²) in [5, 5.41) is 25.1. The molecule has 2 N–H and O–H groups in total. The number of benzene rings is 1. The summed E-state index contributed by atoms with van der Waals surface area (Å²) in [4.78, 5) is 23.0. The molecule has 10 heteroatoms. The van der Waals surface area contributed by atoms with Crippen LogP contribution < -0.4 is 10.6 Å². The third kappa shape index (κ3) is 4.00. The molecule has 1 aromatic heterocycles. The van der Waals surface area contributed by atoms with Crippen LogP contribution in [0.25, 0.3) is 5.69 Å². The Balaban J connectivity index is 0.00000243. The van der Waals surface area contributed by atoms with Crippen molar-refractivity contribution in [1.29, 1.82) is 0 Å². The summed E-state index contributed by atoms with van der Waals surface area (Å²) in [6.45, 7) is 5.51. The third-order valence-electron chi connectivity index (χ3n) is 4.54. The van der Waals surface area contributed by atoms with Gasteiger partial charge in [-0.25, -0.2) is 4.68 Å². The normalized spacial score (nSPS) is 19.5. The molecule has 0 aliphatic carbocycles. The molecular formula is C16H21ClN6O3. The van der Waals surface area contributed by atoms with Crippen molar-refractivity contribution >= 4 is 24.0 Å². The van der Waals surface area contributed by atoms with Crippen molar-refractivity contribution in [3.8, 4) is 5.69 Å². The number of hydrogen-bond acceptors (Lipinski definition) is 6. The lowest BCUT2D eigenvalue weighted by Crippen LogP contribution is -2.50. The van der Waals surface area contributed by atoms with Crippen LogP contribution in [0.3, 0.4) is 0 Å². The summed E-state index contributed by atoms with van der Waals surface area (Å²) < 4.78 is 1.43. The predicted octanol–water partition coefficient (Wildman–Crippen LogP) is 1.63. The number of nitro groups is 1. The zero-order chi connectivity index (χ0) is 18.0. The average molecular weight is 381 g/mol. The molecule has 0 radical (unpaired) electrons. The summed E-state index contributed by atoms with van der Waals surface area (Å²) in [7, 11) is 0. The Morgan fingerprint density at radius 1 is 1.46 bits per heavy atom. The molecule has 2 unspecified atom stereocenters. The van der Waals surface area contributed by atoms with Gasteiger partial charge in [-0.15, -0.1) is 17.5 Å². The van der Waals surface area contributed by atoms with Crippen LogP contribution in [0.15, 0.2) is 24.3 Å². The highest BCUT2D eigenvalue weighted by molar-refractivity contribution is 5.93. The number of piperidine rings is 1. The van der Waals surface area contributed by atoms with Crippen LogP contribution >= 0.6 is 12.4 Å². The van der Waals surface area contributed by atoms with Gasteiger partial charge >= 0.3 is 0 Å². The SMILES string of the molecule is Cc1c(C(=O)NC2CNCCC2C)nnn1-c1cccc([N+](=O)[O-])c1.Cl. The zero-order valence-electron chi connectivity index (χ0n) is 14.5. The van der Waals surface area contributed by atoms with Gasteiger partial charge in [0, 0.05) is 24.7 Å². The van der Waals surface area contributed by atoms with Crippen molar-refractivity contribution < 1.29 is 9.72 Å². The quantitative estimate of drug-likeness (QED) is 0.615. The molecule has 2 aromatic rings. The lowest BCUT2D eigenvalue weighted by atomic mass is 9.95. The van der Waals surface area contributed by atoms with Gasteiger partial charge in [0.1, 0.15) is 0 Å². The van der Waals surface area contributed by atoms with Gasteiger partial charge in [-0.1, -0.05) is 18.2 Å². The zero-order valence-corrected chi connectivity index (χ0v) is 15.3. The Morgan fingerprint density at radius 2 is 2.23 bits per heavy atom. The van der Waals surface area contributed by atoms with Crippen LogP contribution in [0.1, 0.15) is 29.5 Å². The van der Waals surface area contributed by atoms with Crippen molar-refractivity contribution in [1.82, 2.24) is 25.6 Å². The highest BCUT2D eigenvalue weighted by Gasteiger charge is 2.25. The molecule has 0 saturated carbocycles. The lowest BCUT2D eigenvalue weighted by Gasteiger charge is -2.29. The van der Waals surface area contributed by atoms with E-state index in [1.165, 1.54) is 16.8 Å². The third-order valence-corrected chi connectivity index (χ3v) is 4.54. The highest BCUT2D eigenvalue weighted by Crippen LogP contribution is 2.19. The van der Waals surface area contributed by atoms with Gasteiger partial charge in [-0.3, -0.25) is 14.9 Å². The second kappa shape index (κ2) is 8.24. The van der Waals surface area contributed by atoms with Crippen molar-refractivity contribution in [2.75, 3.05) is 13.1 Å². The minimum absolute atomic E-state index is 0. The van der Waals surface area contributed by atoms with E-state index < -0.39 is 4.92 Å². The Morgan fingerprint density at radius 3 is 2.92 bits per heavy atom. The molecular weight excluding hydrogens is 360 g/mol. The first kappa shape index (κ1) is 19.8. The molecule has 2 heterocycles. The van der Waals surface area contributed by atoms with Gasteiger partial charge in [0.2, 0.25) is 0 Å². The van der Waals surface area contributed by atoms with Crippen LogP contribution in [0.4, 0.5) is 5.69 Å². The molecule has 1 aliphatic rings. The Kier molecular flexibility index (Phi) is 6.27. The van der Waals surface area contributed by atoms with Crippen LogP contribution in [0, 0.1) is 23.0 Å². The number of halogens is 1. The summed E-state index contributed by atoms with van der Waals surface area (Å²) in [6, 6.07) is 6.11. The predicted molar refractivity (Wildman–Crippen MR) is 97.9 cm³/mol. The Labute approximate surface area is 156 Å². The van der Waals surface area contributed by atoms with Crippen LogP contribution in [-0.4, -0.2) is 45.0 Å². The molecule has 2 atom stereocenters. The molecule has 0 spiro atoms. The molecule has 1 aliphatic heterocycles. The number of nitro benzene ring substituents is 1. The van der Waals surface area contributed by atoms with Crippen LogP contribution in [0.2, 0.25) is 0 Å². The number of non-ortho nitro benzene ring substituents is 1. The first-order valence-corrected chi connectivity index (χ1v) is 8.16.